The van der Waals surface area contributed by atoms with Crippen LogP contribution >= 0.6 is 0 Å². The third-order valence-corrected chi connectivity index (χ3v) is 2.64. The van der Waals surface area contributed by atoms with E-state index in [-0.39, 0.29) is 5.97 Å². The molecule has 0 spiro atoms. The van der Waals surface area contributed by atoms with Gasteiger partial charge in [0.15, 0.2) is 0 Å². The van der Waals surface area contributed by atoms with Gasteiger partial charge in [0.2, 0.25) is 0 Å². The smallest absolute Gasteiger partial charge is 0.319 e. The van der Waals surface area contributed by atoms with Crippen LogP contribution in [0.25, 0.3) is 0 Å². The second-order valence-corrected chi connectivity index (χ2v) is 4.29. The predicted octanol–water partition coefficient (Wildman–Crippen LogP) is 2.89. The molecule has 0 aromatic carbocycles. The molecule has 0 aliphatic carbocycles. The summed E-state index contributed by atoms with van der Waals surface area (Å²) in [5.41, 5.74) is 0. The van der Waals surface area contributed by atoms with Crippen molar-refractivity contribution in [2.45, 2.75) is 65.3 Å². The van der Waals surface area contributed by atoms with Crippen molar-refractivity contribution in [3.63, 3.8) is 0 Å². The third kappa shape index (κ3) is 9.97. The van der Waals surface area contributed by atoms with Gasteiger partial charge in [0, 0.05) is 6.04 Å². The average molecular weight is 229 g/mol. The van der Waals surface area contributed by atoms with E-state index in [1.54, 1.807) is 0 Å². The first kappa shape index (κ1) is 15.4. The maximum atomic E-state index is 11.1. The fourth-order valence-electron chi connectivity index (χ4n) is 1.63. The molecular formula is C13H27NO2. The summed E-state index contributed by atoms with van der Waals surface area (Å²) in [6.07, 6.45) is 7.65. The molecule has 0 rings (SSSR count). The minimum Gasteiger partial charge on any atom is -0.465 e. The van der Waals surface area contributed by atoms with Gasteiger partial charge in [-0.2, -0.15) is 0 Å². The van der Waals surface area contributed by atoms with Crippen LogP contribution in [0.1, 0.15) is 59.3 Å². The fourth-order valence-corrected chi connectivity index (χ4v) is 1.63. The summed E-state index contributed by atoms with van der Waals surface area (Å²) < 4.78 is 4.85. The molecule has 0 fully saturated rings. The van der Waals surface area contributed by atoms with Crippen molar-refractivity contribution in [3.05, 3.63) is 0 Å². The van der Waals surface area contributed by atoms with Gasteiger partial charge in [0.1, 0.15) is 0 Å². The van der Waals surface area contributed by atoms with Gasteiger partial charge in [-0.1, -0.05) is 39.0 Å². The summed E-state index contributed by atoms with van der Waals surface area (Å²) in [6.45, 7) is 6.98. The topological polar surface area (TPSA) is 38.3 Å². The summed E-state index contributed by atoms with van der Waals surface area (Å²) in [7, 11) is 0. The van der Waals surface area contributed by atoms with Gasteiger partial charge >= 0.3 is 5.97 Å². The van der Waals surface area contributed by atoms with Gasteiger partial charge in [-0.05, 0) is 20.3 Å². The predicted molar refractivity (Wildman–Crippen MR) is 67.5 cm³/mol. The second kappa shape index (κ2) is 10.9. The molecule has 0 saturated carbocycles. The Hall–Kier alpha value is -0.570. The molecule has 3 nitrogen and oxygen atoms in total. The number of carbonyl (C=O) groups is 1. The number of hydrogen-bond acceptors (Lipinski definition) is 3. The first-order valence-corrected chi connectivity index (χ1v) is 6.59. The number of carbonyl (C=O) groups excluding carboxylic acids is 1. The van der Waals surface area contributed by atoms with E-state index in [4.69, 9.17) is 4.74 Å². The highest BCUT2D eigenvalue weighted by molar-refractivity contribution is 5.71. The lowest BCUT2D eigenvalue weighted by Crippen LogP contribution is -2.32. The molecule has 0 saturated heterocycles. The van der Waals surface area contributed by atoms with E-state index in [9.17, 15) is 4.79 Å². The fraction of sp³-hybridized carbons (Fsp3) is 0.923. The van der Waals surface area contributed by atoms with Crippen LogP contribution in [-0.4, -0.2) is 25.2 Å². The van der Waals surface area contributed by atoms with Crippen molar-refractivity contribution < 1.29 is 9.53 Å². The van der Waals surface area contributed by atoms with Crippen molar-refractivity contribution in [2.24, 2.45) is 0 Å². The number of ether oxygens (including phenoxy) is 1. The minimum absolute atomic E-state index is 0.152. The first-order valence-electron chi connectivity index (χ1n) is 6.59. The standard InChI is InChI=1S/C13H27NO2/c1-4-6-7-8-9-10-12(3)14-11-13(15)16-5-2/h12,14H,4-11H2,1-3H3. The SMILES string of the molecule is CCCCCCCC(C)NCC(=O)OCC. The molecule has 3 heteroatoms. The van der Waals surface area contributed by atoms with Crippen LogP contribution < -0.4 is 5.32 Å². The Bertz CT molecular complexity index is 171. The first-order chi connectivity index (χ1) is 7.70. The third-order valence-electron chi connectivity index (χ3n) is 2.64. The van der Waals surface area contributed by atoms with Gasteiger partial charge < -0.3 is 10.1 Å². The molecule has 0 aromatic heterocycles. The quantitative estimate of drug-likeness (QED) is 0.462. The summed E-state index contributed by atoms with van der Waals surface area (Å²) in [6, 6.07) is 0.408. The Kier molecular flexibility index (Phi) is 10.5. The molecule has 1 unspecified atom stereocenters. The summed E-state index contributed by atoms with van der Waals surface area (Å²) in [4.78, 5) is 11.1. The maximum absolute atomic E-state index is 11.1. The highest BCUT2D eigenvalue weighted by Crippen LogP contribution is 2.06. The lowest BCUT2D eigenvalue weighted by atomic mass is 10.1. The Morgan fingerprint density at radius 1 is 1.19 bits per heavy atom. The van der Waals surface area contributed by atoms with Crippen LogP contribution in [-0.2, 0) is 9.53 Å². The molecule has 1 N–H and O–H groups in total. The Morgan fingerprint density at radius 3 is 2.50 bits per heavy atom. The number of hydrogen-bond donors (Lipinski definition) is 1. The Labute approximate surface area is 99.9 Å². The van der Waals surface area contributed by atoms with Crippen molar-refractivity contribution in [1.29, 1.82) is 0 Å². The van der Waals surface area contributed by atoms with E-state index in [0.29, 0.717) is 19.2 Å². The average Bonchev–Trinajstić information content (AvgIpc) is 2.26. The largest absolute Gasteiger partial charge is 0.465 e. The van der Waals surface area contributed by atoms with Crippen LogP contribution in [0.15, 0.2) is 0 Å². The molecule has 0 radical (unpaired) electrons. The van der Waals surface area contributed by atoms with Crippen LogP contribution in [0.5, 0.6) is 0 Å². The van der Waals surface area contributed by atoms with Crippen molar-refractivity contribution >= 4 is 5.97 Å². The highest BCUT2D eigenvalue weighted by atomic mass is 16.5. The molecule has 0 aliphatic heterocycles. The molecule has 0 amide bonds. The summed E-state index contributed by atoms with van der Waals surface area (Å²) >= 11 is 0. The van der Waals surface area contributed by atoms with E-state index in [0.717, 1.165) is 6.42 Å². The van der Waals surface area contributed by atoms with Crippen molar-refractivity contribution in [1.82, 2.24) is 5.32 Å². The van der Waals surface area contributed by atoms with Crippen LogP contribution in [0.4, 0.5) is 0 Å². The van der Waals surface area contributed by atoms with E-state index >= 15 is 0 Å². The molecular weight excluding hydrogens is 202 g/mol. The van der Waals surface area contributed by atoms with Crippen LogP contribution in [0, 0.1) is 0 Å². The van der Waals surface area contributed by atoms with E-state index in [1.165, 1.54) is 32.1 Å². The van der Waals surface area contributed by atoms with E-state index in [1.807, 2.05) is 6.92 Å². The second-order valence-electron chi connectivity index (χ2n) is 4.29. The lowest BCUT2D eigenvalue weighted by molar-refractivity contribution is -0.142. The van der Waals surface area contributed by atoms with Crippen molar-refractivity contribution in [3.8, 4) is 0 Å². The zero-order valence-electron chi connectivity index (χ0n) is 11.1. The summed E-state index contributed by atoms with van der Waals surface area (Å²) in [5, 5.41) is 3.18. The monoisotopic (exact) mass is 229 g/mol. The molecule has 16 heavy (non-hydrogen) atoms. The van der Waals surface area contributed by atoms with Crippen molar-refractivity contribution in [2.75, 3.05) is 13.2 Å². The Morgan fingerprint density at radius 2 is 1.88 bits per heavy atom. The number of unbranched alkanes of at least 4 members (excludes halogenated alkanes) is 4. The summed E-state index contributed by atoms with van der Waals surface area (Å²) in [5.74, 6) is -0.152. The highest BCUT2D eigenvalue weighted by Gasteiger charge is 2.05. The number of esters is 1. The van der Waals surface area contributed by atoms with E-state index < -0.39 is 0 Å². The molecule has 96 valence electrons. The van der Waals surface area contributed by atoms with Gasteiger partial charge in [0.25, 0.3) is 0 Å². The zero-order valence-corrected chi connectivity index (χ0v) is 11.1. The van der Waals surface area contributed by atoms with Crippen LogP contribution in [0.2, 0.25) is 0 Å². The van der Waals surface area contributed by atoms with Crippen LogP contribution in [0.3, 0.4) is 0 Å². The molecule has 1 atom stereocenters. The molecule has 0 aromatic rings. The normalized spacial score (nSPS) is 12.4. The number of nitrogens with one attached hydrogen (secondary N) is 1. The molecule has 0 aliphatic rings. The minimum atomic E-state index is -0.152. The maximum Gasteiger partial charge on any atom is 0.319 e. The Balaban J connectivity index is 3.30. The molecule has 0 bridgehead atoms. The molecule has 0 heterocycles. The lowest BCUT2D eigenvalue weighted by Gasteiger charge is -2.12. The van der Waals surface area contributed by atoms with Gasteiger partial charge in [0.05, 0.1) is 13.2 Å². The van der Waals surface area contributed by atoms with Gasteiger partial charge in [-0.3, -0.25) is 4.79 Å². The van der Waals surface area contributed by atoms with Gasteiger partial charge in [-0.15, -0.1) is 0 Å². The zero-order chi connectivity index (χ0) is 12.2. The van der Waals surface area contributed by atoms with Gasteiger partial charge in [-0.25, -0.2) is 0 Å². The van der Waals surface area contributed by atoms with E-state index in [2.05, 4.69) is 19.2 Å². The number of rotatable bonds is 10.